The first-order chi connectivity index (χ1) is 14.6. The van der Waals surface area contributed by atoms with Gasteiger partial charge in [-0.05, 0) is 43.7 Å². The largest absolute Gasteiger partial charge is 0.457 e. The van der Waals surface area contributed by atoms with Crippen LogP contribution >= 0.6 is 11.3 Å². The van der Waals surface area contributed by atoms with Crippen molar-refractivity contribution in [1.29, 1.82) is 0 Å². The van der Waals surface area contributed by atoms with E-state index in [9.17, 15) is 22.8 Å². The molecule has 0 unspecified atom stereocenters. The van der Waals surface area contributed by atoms with Gasteiger partial charge in [0.25, 0.3) is 5.56 Å². The molecule has 31 heavy (non-hydrogen) atoms. The maximum absolute atomic E-state index is 12.3. The number of ether oxygens (including phenoxy) is 1. The molecule has 0 atom stereocenters. The summed E-state index contributed by atoms with van der Waals surface area (Å²) in [5.74, 6) is -0.945. The van der Waals surface area contributed by atoms with Crippen molar-refractivity contribution >= 4 is 49.1 Å². The maximum atomic E-state index is 12.3. The lowest BCUT2D eigenvalue weighted by Gasteiger charge is -2.08. The zero-order valence-corrected chi connectivity index (χ0v) is 18.6. The molecule has 0 radical (unpaired) electrons. The number of nitrogens with one attached hydrogen (secondary N) is 3. The predicted molar refractivity (Wildman–Crippen MR) is 115 cm³/mol. The number of hydrogen-bond acceptors (Lipinski definition) is 8. The van der Waals surface area contributed by atoms with E-state index in [4.69, 9.17) is 4.74 Å². The fraction of sp³-hybridized carbons (Fsp3) is 0.263. The van der Waals surface area contributed by atoms with Crippen molar-refractivity contribution < 1.29 is 22.7 Å². The summed E-state index contributed by atoms with van der Waals surface area (Å²) in [5, 5.41) is 3.04. The van der Waals surface area contributed by atoms with Gasteiger partial charge in [-0.3, -0.25) is 14.4 Å². The molecule has 3 aromatic rings. The van der Waals surface area contributed by atoms with Gasteiger partial charge >= 0.3 is 5.97 Å². The van der Waals surface area contributed by atoms with E-state index in [1.165, 1.54) is 42.5 Å². The van der Waals surface area contributed by atoms with Gasteiger partial charge in [-0.15, -0.1) is 11.3 Å². The SMILES string of the molecule is CC(=O)Nc1ccc(S(=O)(=O)NCC(=O)OCc2nc3sc(C)c(C)c3c(=O)[nH]2)cc1. The molecule has 0 saturated heterocycles. The zero-order valence-electron chi connectivity index (χ0n) is 16.9. The number of hydrogen-bond donors (Lipinski definition) is 3. The molecule has 0 aliphatic heterocycles. The van der Waals surface area contributed by atoms with Crippen molar-refractivity contribution in [3.63, 3.8) is 0 Å². The number of esters is 1. The van der Waals surface area contributed by atoms with Crippen LogP contribution in [0.1, 0.15) is 23.2 Å². The van der Waals surface area contributed by atoms with E-state index >= 15 is 0 Å². The number of aromatic amines is 1. The molecule has 0 aliphatic carbocycles. The molecule has 0 saturated carbocycles. The third kappa shape index (κ3) is 5.34. The van der Waals surface area contributed by atoms with Crippen LogP contribution in [0.4, 0.5) is 5.69 Å². The number of thiophene rings is 1. The number of aromatic nitrogens is 2. The molecule has 2 heterocycles. The summed E-state index contributed by atoms with van der Waals surface area (Å²) in [4.78, 5) is 43.5. The lowest BCUT2D eigenvalue weighted by atomic mass is 10.2. The molecule has 1 amide bonds. The molecule has 3 N–H and O–H groups in total. The molecular weight excluding hydrogens is 444 g/mol. The Balaban J connectivity index is 1.59. The average Bonchev–Trinajstić information content (AvgIpc) is 2.99. The van der Waals surface area contributed by atoms with Gasteiger partial charge in [0.2, 0.25) is 15.9 Å². The summed E-state index contributed by atoms with van der Waals surface area (Å²) in [5.41, 5.74) is 0.985. The minimum Gasteiger partial charge on any atom is -0.457 e. The highest BCUT2D eigenvalue weighted by atomic mass is 32.2. The van der Waals surface area contributed by atoms with E-state index in [-0.39, 0.29) is 28.8 Å². The van der Waals surface area contributed by atoms with Crippen molar-refractivity contribution in [2.24, 2.45) is 0 Å². The van der Waals surface area contributed by atoms with Crippen LogP contribution in [-0.4, -0.2) is 36.8 Å². The van der Waals surface area contributed by atoms with E-state index in [0.717, 1.165) is 10.4 Å². The molecule has 1 aromatic carbocycles. The van der Waals surface area contributed by atoms with E-state index in [1.807, 2.05) is 13.8 Å². The van der Waals surface area contributed by atoms with E-state index in [1.54, 1.807) is 0 Å². The zero-order chi connectivity index (χ0) is 22.8. The van der Waals surface area contributed by atoms with Gasteiger partial charge in [-0.2, -0.15) is 4.72 Å². The van der Waals surface area contributed by atoms with Crippen LogP contribution < -0.4 is 15.6 Å². The molecule has 3 rings (SSSR count). The standard InChI is InChI=1S/C19H20N4O6S2/c1-10-11(2)30-19-17(10)18(26)22-15(23-19)9-29-16(25)8-20-31(27,28)14-6-4-13(5-7-14)21-12(3)24/h4-7,20H,8-9H2,1-3H3,(H,21,24)(H,22,23,26). The molecule has 2 aromatic heterocycles. The summed E-state index contributed by atoms with van der Waals surface area (Å²) in [6.45, 7) is 4.17. The molecule has 0 fully saturated rings. The number of sulfonamides is 1. The highest BCUT2D eigenvalue weighted by Crippen LogP contribution is 2.25. The Hall–Kier alpha value is -3.09. The topological polar surface area (TPSA) is 147 Å². The number of fused-ring (bicyclic) bond motifs is 1. The predicted octanol–water partition coefficient (Wildman–Crippen LogP) is 1.58. The molecule has 10 nitrogen and oxygen atoms in total. The summed E-state index contributed by atoms with van der Waals surface area (Å²) in [7, 11) is -3.96. The van der Waals surface area contributed by atoms with Crippen LogP contribution in [0.5, 0.6) is 0 Å². The Labute approximate surface area is 181 Å². The van der Waals surface area contributed by atoms with Crippen LogP contribution in [0.25, 0.3) is 10.2 Å². The minimum absolute atomic E-state index is 0.0747. The van der Waals surface area contributed by atoms with Crippen LogP contribution in [-0.2, 0) is 31.0 Å². The van der Waals surface area contributed by atoms with E-state index in [2.05, 4.69) is 20.0 Å². The quantitative estimate of drug-likeness (QED) is 0.450. The summed E-state index contributed by atoms with van der Waals surface area (Å²) in [6, 6.07) is 5.46. The van der Waals surface area contributed by atoms with Crippen LogP contribution in [0.2, 0.25) is 0 Å². The first-order valence-corrected chi connectivity index (χ1v) is 11.4. The monoisotopic (exact) mass is 464 g/mol. The highest BCUT2D eigenvalue weighted by molar-refractivity contribution is 7.89. The highest BCUT2D eigenvalue weighted by Gasteiger charge is 2.17. The first-order valence-electron chi connectivity index (χ1n) is 9.08. The number of rotatable bonds is 7. The van der Waals surface area contributed by atoms with Gasteiger partial charge in [0.05, 0.1) is 10.3 Å². The Morgan fingerprint density at radius 2 is 1.87 bits per heavy atom. The van der Waals surface area contributed by atoms with Crippen LogP contribution in [0.15, 0.2) is 34.0 Å². The number of aryl methyl sites for hydroxylation is 2. The number of nitrogens with zero attached hydrogens (tertiary/aromatic N) is 1. The maximum Gasteiger partial charge on any atom is 0.321 e. The number of H-pyrrole nitrogens is 1. The molecule has 12 heteroatoms. The molecule has 0 aliphatic rings. The van der Waals surface area contributed by atoms with Crippen LogP contribution in [0.3, 0.4) is 0 Å². The molecule has 164 valence electrons. The molecular formula is C19H20N4O6S2. The van der Waals surface area contributed by atoms with Gasteiger partial charge in [0.15, 0.2) is 0 Å². The van der Waals surface area contributed by atoms with Crippen molar-refractivity contribution in [1.82, 2.24) is 14.7 Å². The minimum atomic E-state index is -3.96. The molecule has 0 spiro atoms. The van der Waals surface area contributed by atoms with Crippen molar-refractivity contribution in [3.8, 4) is 0 Å². The van der Waals surface area contributed by atoms with Gasteiger partial charge < -0.3 is 15.0 Å². The molecule has 0 bridgehead atoms. The number of carbonyl (C=O) groups is 2. The summed E-state index contributed by atoms with van der Waals surface area (Å²) in [6.07, 6.45) is 0. The van der Waals surface area contributed by atoms with Gasteiger partial charge in [-0.25, -0.2) is 13.4 Å². The lowest BCUT2D eigenvalue weighted by molar-refractivity contribution is -0.143. The van der Waals surface area contributed by atoms with Crippen molar-refractivity contribution in [2.45, 2.75) is 32.3 Å². The summed E-state index contributed by atoms with van der Waals surface area (Å²) < 4.78 is 31.8. The Bertz CT molecular complexity index is 1310. The fourth-order valence-corrected chi connectivity index (χ4v) is 4.74. The van der Waals surface area contributed by atoms with Gasteiger partial charge in [0.1, 0.15) is 23.8 Å². The number of benzene rings is 1. The third-order valence-electron chi connectivity index (χ3n) is 4.35. The Kier molecular flexibility index (Phi) is 6.53. The number of anilines is 1. The lowest BCUT2D eigenvalue weighted by Crippen LogP contribution is -2.30. The second-order valence-corrected chi connectivity index (χ2v) is 9.64. The van der Waals surface area contributed by atoms with Crippen LogP contribution in [0, 0.1) is 13.8 Å². The average molecular weight is 465 g/mol. The van der Waals surface area contributed by atoms with Gasteiger partial charge in [-0.1, -0.05) is 0 Å². The second-order valence-electron chi connectivity index (χ2n) is 6.67. The van der Waals surface area contributed by atoms with Gasteiger partial charge in [0, 0.05) is 17.5 Å². The number of carbonyl (C=O) groups excluding carboxylic acids is 2. The Morgan fingerprint density at radius 3 is 2.52 bits per heavy atom. The van der Waals surface area contributed by atoms with Crippen molar-refractivity contribution in [3.05, 3.63) is 50.9 Å². The first kappa shape index (κ1) is 22.6. The van der Waals surface area contributed by atoms with E-state index < -0.39 is 22.5 Å². The Morgan fingerprint density at radius 1 is 1.19 bits per heavy atom. The second kappa shape index (κ2) is 8.96. The number of amides is 1. The van der Waals surface area contributed by atoms with E-state index in [0.29, 0.717) is 15.9 Å². The fourth-order valence-electron chi connectivity index (χ4n) is 2.73. The van der Waals surface area contributed by atoms with Crippen molar-refractivity contribution in [2.75, 3.05) is 11.9 Å². The third-order valence-corrected chi connectivity index (χ3v) is 6.87. The normalized spacial score (nSPS) is 11.5. The smallest absolute Gasteiger partial charge is 0.321 e. The summed E-state index contributed by atoms with van der Waals surface area (Å²) >= 11 is 1.37.